The monoisotopic (exact) mass is 495 g/mol. The molecule has 13 heteroatoms. The van der Waals surface area contributed by atoms with Crippen LogP contribution in [0.4, 0.5) is 27.9 Å². The first-order valence-electron chi connectivity index (χ1n) is 10.8. The van der Waals surface area contributed by atoms with Crippen molar-refractivity contribution in [3.63, 3.8) is 0 Å². The Bertz CT molecular complexity index is 1420. The number of likely N-dealkylation sites (tertiary alicyclic amines) is 1. The molecule has 1 aromatic carbocycles. The first-order valence-corrected chi connectivity index (χ1v) is 10.8. The van der Waals surface area contributed by atoms with Gasteiger partial charge in [0.15, 0.2) is 5.82 Å². The molecule has 35 heavy (non-hydrogen) atoms. The summed E-state index contributed by atoms with van der Waals surface area (Å²) in [6, 6.07) is 3.27. The topological polar surface area (TPSA) is 72.5 Å². The van der Waals surface area contributed by atoms with Crippen molar-refractivity contribution in [3.05, 3.63) is 36.0 Å². The number of aryl methyl sites for hydroxylation is 1. The normalized spacial score (nSPS) is 18.3. The van der Waals surface area contributed by atoms with E-state index >= 15 is 0 Å². The number of imidazole rings is 1. The maximum absolute atomic E-state index is 14.9. The fourth-order valence-electron chi connectivity index (χ4n) is 4.54. The third-order valence-electron chi connectivity index (χ3n) is 6.09. The first kappa shape index (κ1) is 23.3. The lowest BCUT2D eigenvalue weighted by Gasteiger charge is -2.19. The van der Waals surface area contributed by atoms with E-state index in [9.17, 15) is 22.0 Å². The van der Waals surface area contributed by atoms with Crippen LogP contribution in [0.3, 0.4) is 0 Å². The molecule has 1 N–H and O–H groups in total. The molecule has 8 nitrogen and oxygen atoms in total. The van der Waals surface area contributed by atoms with Crippen molar-refractivity contribution < 1.29 is 26.7 Å². The molecular formula is C22H22F5N7O. The van der Waals surface area contributed by atoms with Gasteiger partial charge < -0.3 is 14.6 Å². The molecule has 3 aromatic heterocycles. The number of rotatable bonds is 6. The van der Waals surface area contributed by atoms with Gasteiger partial charge in [-0.15, -0.1) is 5.10 Å². The largest absolute Gasteiger partial charge is 0.479 e. The van der Waals surface area contributed by atoms with Gasteiger partial charge in [-0.3, -0.25) is 4.90 Å². The lowest BCUT2D eigenvalue weighted by Crippen LogP contribution is -2.38. The summed E-state index contributed by atoms with van der Waals surface area (Å²) >= 11 is 0. The van der Waals surface area contributed by atoms with Gasteiger partial charge in [0.1, 0.15) is 22.9 Å². The average molecular weight is 495 g/mol. The van der Waals surface area contributed by atoms with Crippen LogP contribution in [0, 0.1) is 12.7 Å². The van der Waals surface area contributed by atoms with Gasteiger partial charge in [-0.05, 0) is 37.7 Å². The van der Waals surface area contributed by atoms with Crippen molar-refractivity contribution in [2.75, 3.05) is 32.6 Å². The first-order chi connectivity index (χ1) is 16.6. The summed E-state index contributed by atoms with van der Waals surface area (Å²) in [6.07, 6.45) is -1.08. The maximum Gasteiger partial charge on any atom is 0.281 e. The summed E-state index contributed by atoms with van der Waals surface area (Å²) in [5.74, 6) is -3.34. The molecule has 5 rings (SSSR count). The van der Waals surface area contributed by atoms with E-state index in [2.05, 4.69) is 20.4 Å². The average Bonchev–Trinajstić information content (AvgIpc) is 3.41. The molecule has 0 amide bonds. The lowest BCUT2D eigenvalue weighted by molar-refractivity contribution is 0.00582. The summed E-state index contributed by atoms with van der Waals surface area (Å²) in [4.78, 5) is 9.85. The van der Waals surface area contributed by atoms with Gasteiger partial charge in [0.05, 0.1) is 25.7 Å². The van der Waals surface area contributed by atoms with Gasteiger partial charge in [-0.2, -0.15) is 4.98 Å². The van der Waals surface area contributed by atoms with Crippen molar-refractivity contribution in [1.29, 1.82) is 0 Å². The molecular weight excluding hydrogens is 473 g/mol. The van der Waals surface area contributed by atoms with E-state index in [1.54, 1.807) is 25.4 Å². The summed E-state index contributed by atoms with van der Waals surface area (Å²) in [7, 11) is 2.97. The van der Waals surface area contributed by atoms with E-state index in [0.717, 1.165) is 0 Å². The number of nitrogens with one attached hydrogen (secondary N) is 1. The summed E-state index contributed by atoms with van der Waals surface area (Å²) in [5, 5.41) is 6.96. The molecule has 1 aliphatic heterocycles. The minimum absolute atomic E-state index is 0.00687. The van der Waals surface area contributed by atoms with Gasteiger partial charge in [0.25, 0.3) is 12.3 Å². The number of anilines is 1. The van der Waals surface area contributed by atoms with Crippen molar-refractivity contribution in [1.82, 2.24) is 29.0 Å². The number of fused-ring (bicyclic) bond motifs is 2. The molecule has 1 aliphatic rings. The molecule has 0 saturated carbocycles. The lowest BCUT2D eigenvalue weighted by atomic mass is 10.1. The molecule has 0 radical (unpaired) electrons. The van der Waals surface area contributed by atoms with E-state index in [4.69, 9.17) is 4.74 Å². The van der Waals surface area contributed by atoms with Crippen LogP contribution in [-0.4, -0.2) is 74.7 Å². The zero-order chi connectivity index (χ0) is 25.1. The Morgan fingerprint density at radius 1 is 1.26 bits per heavy atom. The number of ether oxygens (including phenoxy) is 1. The van der Waals surface area contributed by atoms with E-state index < -0.39 is 30.8 Å². The van der Waals surface area contributed by atoms with Crippen molar-refractivity contribution in [3.8, 4) is 17.0 Å². The van der Waals surface area contributed by atoms with Crippen LogP contribution in [0.25, 0.3) is 27.7 Å². The van der Waals surface area contributed by atoms with E-state index in [0.29, 0.717) is 16.6 Å². The SMILES string of the molecule is COc1nc(N[C@H]2CN(C)CC2(F)F)nn2ccc(-c3cc(F)c4nc(C)n(CC(F)F)c4c3)c12. The van der Waals surface area contributed by atoms with Crippen LogP contribution in [0.2, 0.25) is 0 Å². The fourth-order valence-corrected chi connectivity index (χ4v) is 4.54. The standard InChI is InChI=1S/C22H22F5N7O/c1-11-28-18-14(23)6-12(7-15(18)33(11)9-17(24)25)13-4-5-34-19(13)20(35-3)30-21(31-34)29-16-8-32(2)10-22(16,26)27/h4-7,16-17H,8-10H2,1-3H3,(H,29,31)/t16-/m0/s1. The summed E-state index contributed by atoms with van der Waals surface area (Å²) in [6.45, 7) is 0.641. The minimum Gasteiger partial charge on any atom is -0.479 e. The number of benzene rings is 1. The quantitative estimate of drug-likeness (QED) is 0.410. The second kappa shape index (κ2) is 8.33. The van der Waals surface area contributed by atoms with Gasteiger partial charge in [-0.1, -0.05) is 0 Å². The van der Waals surface area contributed by atoms with Crippen molar-refractivity contribution in [2.45, 2.75) is 31.9 Å². The Morgan fingerprint density at radius 3 is 2.69 bits per heavy atom. The van der Waals surface area contributed by atoms with Gasteiger partial charge >= 0.3 is 0 Å². The van der Waals surface area contributed by atoms with Crippen molar-refractivity contribution in [2.24, 2.45) is 0 Å². The predicted molar refractivity (Wildman–Crippen MR) is 119 cm³/mol. The fraction of sp³-hybridized carbons (Fsp3) is 0.409. The number of likely N-dealkylation sites (N-methyl/N-ethyl adjacent to an activating group) is 1. The zero-order valence-corrected chi connectivity index (χ0v) is 19.1. The van der Waals surface area contributed by atoms with Crippen LogP contribution in [0.5, 0.6) is 5.88 Å². The molecule has 1 fully saturated rings. The minimum atomic E-state index is -2.96. The number of alkyl halides is 4. The molecule has 0 unspecified atom stereocenters. The van der Waals surface area contributed by atoms with E-state index in [1.807, 2.05) is 0 Å². The maximum atomic E-state index is 14.9. The molecule has 0 bridgehead atoms. The van der Waals surface area contributed by atoms with Gasteiger partial charge in [0, 0.05) is 18.3 Å². The van der Waals surface area contributed by atoms with Crippen LogP contribution in [-0.2, 0) is 6.54 Å². The Morgan fingerprint density at radius 2 is 2.03 bits per heavy atom. The molecule has 0 aliphatic carbocycles. The third kappa shape index (κ3) is 4.03. The molecule has 1 atom stereocenters. The number of methoxy groups -OCH3 is 1. The second-order valence-electron chi connectivity index (χ2n) is 8.61. The Labute approximate surface area is 196 Å². The number of hydrogen-bond acceptors (Lipinski definition) is 6. The molecule has 4 aromatic rings. The highest BCUT2D eigenvalue weighted by molar-refractivity contribution is 5.90. The Balaban J connectivity index is 1.59. The number of nitrogens with zero attached hydrogens (tertiary/aromatic N) is 6. The predicted octanol–water partition coefficient (Wildman–Crippen LogP) is 3.83. The number of halogens is 5. The highest BCUT2D eigenvalue weighted by Gasteiger charge is 2.47. The van der Waals surface area contributed by atoms with Crippen LogP contribution in [0.15, 0.2) is 24.4 Å². The van der Waals surface area contributed by atoms with Gasteiger partial charge in [0.2, 0.25) is 11.8 Å². The molecule has 186 valence electrons. The molecule has 0 spiro atoms. The summed E-state index contributed by atoms with van der Waals surface area (Å²) < 4.78 is 77.7. The number of hydrogen-bond donors (Lipinski definition) is 1. The van der Waals surface area contributed by atoms with Crippen LogP contribution >= 0.6 is 0 Å². The highest BCUT2D eigenvalue weighted by atomic mass is 19.3. The Kier molecular flexibility index (Phi) is 5.54. The van der Waals surface area contributed by atoms with E-state index in [-0.39, 0.29) is 41.8 Å². The van der Waals surface area contributed by atoms with Crippen molar-refractivity contribution >= 4 is 22.5 Å². The third-order valence-corrected chi connectivity index (χ3v) is 6.09. The highest BCUT2D eigenvalue weighted by Crippen LogP contribution is 2.35. The molecule has 1 saturated heterocycles. The zero-order valence-electron chi connectivity index (χ0n) is 19.1. The van der Waals surface area contributed by atoms with Crippen LogP contribution < -0.4 is 10.1 Å². The number of aromatic nitrogens is 5. The van der Waals surface area contributed by atoms with E-state index in [1.165, 1.54) is 34.1 Å². The second-order valence-corrected chi connectivity index (χ2v) is 8.61. The summed E-state index contributed by atoms with van der Waals surface area (Å²) in [5.41, 5.74) is 1.43. The smallest absolute Gasteiger partial charge is 0.281 e. The Hall–Kier alpha value is -3.48. The molecule has 4 heterocycles. The van der Waals surface area contributed by atoms with Crippen LogP contribution in [0.1, 0.15) is 5.82 Å². The van der Waals surface area contributed by atoms with Gasteiger partial charge in [-0.25, -0.2) is 31.5 Å².